The number of carbonyl (C=O) groups is 1. The van der Waals surface area contributed by atoms with E-state index in [-0.39, 0.29) is 12.2 Å². The normalized spacial score (nSPS) is 19.3. The van der Waals surface area contributed by atoms with Crippen LogP contribution in [0.25, 0.3) is 0 Å². The van der Waals surface area contributed by atoms with Gasteiger partial charge in [-0.05, 0) is 19.1 Å². The standard InChI is InChI=1S/C12H16N2O3/c1-2-16-11-6-4-3-5-10(11)14-8-9(7-13)17-12(14)15/h3-6,9H,2,7-8,13H2,1H3. The topological polar surface area (TPSA) is 64.8 Å². The summed E-state index contributed by atoms with van der Waals surface area (Å²) in [5.74, 6) is 0.685. The van der Waals surface area contributed by atoms with Gasteiger partial charge in [0.15, 0.2) is 0 Å². The van der Waals surface area contributed by atoms with Crippen molar-refractivity contribution < 1.29 is 14.3 Å². The molecular weight excluding hydrogens is 220 g/mol. The molecule has 1 aromatic rings. The molecule has 1 aliphatic rings. The fourth-order valence-electron chi connectivity index (χ4n) is 1.80. The number of carbonyl (C=O) groups excluding carboxylic acids is 1. The van der Waals surface area contributed by atoms with Gasteiger partial charge in [-0.3, -0.25) is 4.90 Å². The molecule has 1 amide bonds. The van der Waals surface area contributed by atoms with Gasteiger partial charge in [-0.25, -0.2) is 4.79 Å². The van der Waals surface area contributed by atoms with Crippen molar-refractivity contribution >= 4 is 11.8 Å². The fraction of sp³-hybridized carbons (Fsp3) is 0.417. The Morgan fingerprint density at radius 3 is 2.94 bits per heavy atom. The molecule has 1 aromatic carbocycles. The zero-order valence-corrected chi connectivity index (χ0v) is 9.76. The van der Waals surface area contributed by atoms with E-state index in [1.54, 1.807) is 4.90 Å². The highest BCUT2D eigenvalue weighted by molar-refractivity contribution is 5.91. The molecule has 5 nitrogen and oxygen atoms in total. The number of nitrogens with two attached hydrogens (primary N) is 1. The Bertz CT molecular complexity index is 408. The number of hydrogen-bond donors (Lipinski definition) is 1. The summed E-state index contributed by atoms with van der Waals surface area (Å²) in [6.45, 7) is 3.26. The molecule has 1 heterocycles. The summed E-state index contributed by atoms with van der Waals surface area (Å²) in [6, 6.07) is 7.41. The van der Waals surface area contributed by atoms with Gasteiger partial charge in [0.2, 0.25) is 0 Å². The summed E-state index contributed by atoms with van der Waals surface area (Å²) in [4.78, 5) is 13.3. The molecule has 0 bridgehead atoms. The monoisotopic (exact) mass is 236 g/mol. The van der Waals surface area contributed by atoms with E-state index in [9.17, 15) is 4.79 Å². The second-order valence-electron chi connectivity index (χ2n) is 3.75. The average Bonchev–Trinajstić information content (AvgIpc) is 2.72. The van der Waals surface area contributed by atoms with E-state index >= 15 is 0 Å². The quantitative estimate of drug-likeness (QED) is 0.857. The molecule has 1 aliphatic heterocycles. The van der Waals surface area contributed by atoms with Crippen molar-refractivity contribution in [2.75, 3.05) is 24.6 Å². The summed E-state index contributed by atoms with van der Waals surface area (Å²) in [5, 5.41) is 0. The van der Waals surface area contributed by atoms with Crippen molar-refractivity contribution in [2.45, 2.75) is 13.0 Å². The van der Waals surface area contributed by atoms with E-state index in [4.69, 9.17) is 15.2 Å². The molecule has 0 saturated carbocycles. The van der Waals surface area contributed by atoms with Gasteiger partial charge in [0.25, 0.3) is 0 Å². The van der Waals surface area contributed by atoms with Gasteiger partial charge < -0.3 is 15.2 Å². The number of rotatable bonds is 4. The minimum atomic E-state index is -0.368. The van der Waals surface area contributed by atoms with Crippen molar-refractivity contribution in [2.24, 2.45) is 5.73 Å². The van der Waals surface area contributed by atoms with Gasteiger partial charge in [0.05, 0.1) is 18.8 Å². The van der Waals surface area contributed by atoms with Crippen LogP contribution in [0, 0.1) is 0 Å². The minimum Gasteiger partial charge on any atom is -0.492 e. The smallest absolute Gasteiger partial charge is 0.414 e. The van der Waals surface area contributed by atoms with E-state index in [0.717, 1.165) is 5.69 Å². The lowest BCUT2D eigenvalue weighted by atomic mass is 10.2. The molecule has 92 valence electrons. The molecule has 0 radical (unpaired) electrons. The highest BCUT2D eigenvalue weighted by atomic mass is 16.6. The van der Waals surface area contributed by atoms with Crippen LogP contribution in [0.5, 0.6) is 5.75 Å². The van der Waals surface area contributed by atoms with E-state index in [1.807, 2.05) is 31.2 Å². The van der Waals surface area contributed by atoms with Crippen molar-refractivity contribution in [1.29, 1.82) is 0 Å². The molecule has 5 heteroatoms. The Hall–Kier alpha value is -1.75. The first-order valence-corrected chi connectivity index (χ1v) is 5.66. The maximum atomic E-state index is 11.7. The SMILES string of the molecule is CCOc1ccccc1N1CC(CN)OC1=O. The van der Waals surface area contributed by atoms with Gasteiger partial charge in [-0.15, -0.1) is 0 Å². The predicted molar refractivity (Wildman–Crippen MR) is 64.3 cm³/mol. The molecule has 1 saturated heterocycles. The largest absolute Gasteiger partial charge is 0.492 e. The van der Waals surface area contributed by atoms with Crippen molar-refractivity contribution in [1.82, 2.24) is 0 Å². The molecule has 1 fully saturated rings. The van der Waals surface area contributed by atoms with E-state index < -0.39 is 0 Å². The second-order valence-corrected chi connectivity index (χ2v) is 3.75. The van der Waals surface area contributed by atoms with Crippen LogP contribution in [0.3, 0.4) is 0 Å². The fourth-order valence-corrected chi connectivity index (χ4v) is 1.80. The van der Waals surface area contributed by atoms with E-state index in [2.05, 4.69) is 0 Å². The van der Waals surface area contributed by atoms with Crippen LogP contribution in [0.15, 0.2) is 24.3 Å². The molecule has 1 atom stereocenters. The maximum Gasteiger partial charge on any atom is 0.414 e. The molecule has 0 spiro atoms. The third kappa shape index (κ3) is 2.34. The Balaban J connectivity index is 2.25. The predicted octanol–water partition coefficient (Wildman–Crippen LogP) is 1.37. The van der Waals surface area contributed by atoms with Gasteiger partial charge in [-0.2, -0.15) is 0 Å². The molecule has 0 aromatic heterocycles. The third-order valence-electron chi connectivity index (χ3n) is 2.59. The van der Waals surface area contributed by atoms with Crippen molar-refractivity contribution in [3.8, 4) is 5.75 Å². The van der Waals surface area contributed by atoms with Gasteiger partial charge >= 0.3 is 6.09 Å². The third-order valence-corrected chi connectivity index (χ3v) is 2.59. The molecule has 1 unspecified atom stereocenters. The van der Waals surface area contributed by atoms with Crippen LogP contribution in [0.2, 0.25) is 0 Å². The minimum absolute atomic E-state index is 0.239. The summed E-state index contributed by atoms with van der Waals surface area (Å²) in [6.07, 6.45) is -0.607. The summed E-state index contributed by atoms with van der Waals surface area (Å²) in [5.41, 5.74) is 6.23. The second kappa shape index (κ2) is 5.05. The molecule has 2 rings (SSSR count). The number of amides is 1. The summed E-state index contributed by atoms with van der Waals surface area (Å²) >= 11 is 0. The zero-order valence-electron chi connectivity index (χ0n) is 9.76. The van der Waals surface area contributed by atoms with E-state index in [0.29, 0.717) is 25.4 Å². The highest BCUT2D eigenvalue weighted by Gasteiger charge is 2.32. The first-order chi connectivity index (χ1) is 8.26. The zero-order chi connectivity index (χ0) is 12.3. The lowest BCUT2D eigenvalue weighted by Gasteiger charge is -2.17. The lowest BCUT2D eigenvalue weighted by molar-refractivity contribution is 0.145. The van der Waals surface area contributed by atoms with Crippen LogP contribution >= 0.6 is 0 Å². The number of cyclic esters (lactones) is 1. The Labute approximate surface area is 100 Å². The first-order valence-electron chi connectivity index (χ1n) is 5.66. The molecule has 17 heavy (non-hydrogen) atoms. The molecule has 2 N–H and O–H groups in total. The van der Waals surface area contributed by atoms with Crippen molar-refractivity contribution in [3.63, 3.8) is 0 Å². The number of benzene rings is 1. The number of para-hydroxylation sites is 2. The van der Waals surface area contributed by atoms with Crippen molar-refractivity contribution in [3.05, 3.63) is 24.3 Å². The lowest BCUT2D eigenvalue weighted by Crippen LogP contribution is -2.27. The number of nitrogens with zero attached hydrogens (tertiary/aromatic N) is 1. The Kier molecular flexibility index (Phi) is 3.49. The highest BCUT2D eigenvalue weighted by Crippen LogP contribution is 2.31. The maximum absolute atomic E-state index is 11.7. The van der Waals surface area contributed by atoms with Gasteiger partial charge in [0.1, 0.15) is 11.9 Å². The average molecular weight is 236 g/mol. The number of anilines is 1. The van der Waals surface area contributed by atoms with Crippen LogP contribution in [-0.2, 0) is 4.74 Å². The van der Waals surface area contributed by atoms with Gasteiger partial charge in [-0.1, -0.05) is 12.1 Å². The first kappa shape index (κ1) is 11.7. The molecule has 0 aliphatic carbocycles. The number of hydrogen-bond acceptors (Lipinski definition) is 4. The van der Waals surface area contributed by atoms with Crippen LogP contribution in [0.4, 0.5) is 10.5 Å². The van der Waals surface area contributed by atoms with Gasteiger partial charge in [0, 0.05) is 6.54 Å². The van der Waals surface area contributed by atoms with E-state index in [1.165, 1.54) is 0 Å². The molecular formula is C12H16N2O3. The van der Waals surface area contributed by atoms with Crippen LogP contribution < -0.4 is 15.4 Å². The Morgan fingerprint density at radius 1 is 1.53 bits per heavy atom. The Morgan fingerprint density at radius 2 is 2.29 bits per heavy atom. The summed E-state index contributed by atoms with van der Waals surface area (Å²) < 4.78 is 10.6. The van der Waals surface area contributed by atoms with Crippen LogP contribution in [0.1, 0.15) is 6.92 Å². The summed E-state index contributed by atoms with van der Waals surface area (Å²) in [7, 11) is 0. The van der Waals surface area contributed by atoms with Crippen LogP contribution in [-0.4, -0.2) is 31.9 Å². The number of ether oxygens (including phenoxy) is 2.